The molecule has 3 aromatic rings. The van der Waals surface area contributed by atoms with Crippen LogP contribution < -0.4 is 9.80 Å². The molecule has 4 aliphatic rings. The highest BCUT2D eigenvalue weighted by atomic mass is 28.4. The van der Waals surface area contributed by atoms with Gasteiger partial charge in [-0.2, -0.15) is 0 Å². The number of carbonyl (C=O) groups excluding carboxylic acids is 3. The van der Waals surface area contributed by atoms with E-state index in [0.29, 0.717) is 42.7 Å². The van der Waals surface area contributed by atoms with Gasteiger partial charge >= 0.3 is 0 Å². The van der Waals surface area contributed by atoms with Gasteiger partial charge < -0.3 is 23.8 Å². The predicted octanol–water partition coefficient (Wildman–Crippen LogP) is 5.38. The SMILES string of the molecule is C[C@@H]1[C@@H]([Si](C)(C)F)[C@H](CC(=O)N2Cc3ccccc3C[C@H]2CO)O[C@@]12C(=O)N(C)c1ccc(N3C(=O)CCc4ccccc43)cc12. The monoisotopic (exact) mass is 641 g/mol. The molecule has 3 aromatic carbocycles. The Balaban J connectivity index is 1.26. The number of aliphatic hydroxyl groups excluding tert-OH is 1. The molecule has 1 saturated heterocycles. The second kappa shape index (κ2) is 11.1. The summed E-state index contributed by atoms with van der Waals surface area (Å²) in [4.78, 5) is 46.5. The number of aryl methyl sites for hydroxylation is 1. The molecule has 8 nitrogen and oxygen atoms in total. The molecule has 0 saturated carbocycles. The molecule has 7 rings (SSSR count). The summed E-state index contributed by atoms with van der Waals surface area (Å²) < 4.78 is 23.2. The largest absolute Gasteiger partial charge is 0.394 e. The fraction of sp³-hybridized carbons (Fsp3) is 0.417. The van der Waals surface area contributed by atoms with Crippen LogP contribution in [0.3, 0.4) is 0 Å². The van der Waals surface area contributed by atoms with Crippen molar-refractivity contribution in [3.05, 3.63) is 89.0 Å². The van der Waals surface area contributed by atoms with Crippen LogP contribution in [-0.2, 0) is 44.1 Å². The Labute approximate surface area is 269 Å². The topological polar surface area (TPSA) is 90.4 Å². The number of para-hydroxylation sites is 1. The van der Waals surface area contributed by atoms with Gasteiger partial charge in [0.15, 0.2) is 5.60 Å². The lowest BCUT2D eigenvalue weighted by Gasteiger charge is -2.37. The highest BCUT2D eigenvalue weighted by Gasteiger charge is 2.66. The number of anilines is 3. The molecule has 1 N–H and O–H groups in total. The van der Waals surface area contributed by atoms with Gasteiger partial charge in [0.1, 0.15) is 0 Å². The number of hydrogen-bond acceptors (Lipinski definition) is 5. The standard InChI is InChI=1S/C36H40FN3O5Si/c1-22-34(46(3,4)37)31(19-33(43)39-20-25-11-6-5-10-24(25)17-27(39)21-41)45-36(22)28-18-26(14-15-30(28)38(2)35(36)44)40-29-12-8-7-9-23(29)13-16-32(40)42/h5-12,14-15,18,22,27,31,34,41H,13,16-17,19-21H2,1-4H3/t22-,27+,31+,34-,36+/m1/s1. The Morgan fingerprint density at radius 2 is 1.70 bits per heavy atom. The third kappa shape index (κ3) is 4.64. The first kappa shape index (κ1) is 30.8. The smallest absolute Gasteiger partial charge is 0.264 e. The average Bonchev–Trinajstić information content (AvgIpc) is 3.45. The van der Waals surface area contributed by atoms with E-state index in [9.17, 15) is 19.5 Å². The number of halogens is 1. The van der Waals surface area contributed by atoms with Crippen LogP contribution in [0.4, 0.5) is 21.2 Å². The molecule has 0 unspecified atom stereocenters. The van der Waals surface area contributed by atoms with Crippen molar-refractivity contribution in [2.75, 3.05) is 23.5 Å². The number of amides is 3. The van der Waals surface area contributed by atoms with Gasteiger partial charge in [0.2, 0.25) is 20.2 Å². The number of nitrogens with zero attached hydrogens (tertiary/aromatic N) is 3. The highest BCUT2D eigenvalue weighted by Crippen LogP contribution is 2.60. The van der Waals surface area contributed by atoms with E-state index in [4.69, 9.17) is 4.74 Å². The number of likely N-dealkylation sites (N-methyl/N-ethyl adjacent to an activating group) is 1. The molecule has 46 heavy (non-hydrogen) atoms. The van der Waals surface area contributed by atoms with Crippen molar-refractivity contribution in [1.29, 1.82) is 0 Å². The van der Waals surface area contributed by atoms with Crippen molar-refractivity contribution in [3.63, 3.8) is 0 Å². The number of fused-ring (bicyclic) bond motifs is 4. The van der Waals surface area contributed by atoms with Crippen molar-refractivity contribution in [2.24, 2.45) is 5.92 Å². The number of benzene rings is 3. The summed E-state index contributed by atoms with van der Waals surface area (Å²) in [5, 5.41) is 10.2. The van der Waals surface area contributed by atoms with Crippen molar-refractivity contribution in [3.8, 4) is 0 Å². The molecule has 0 aliphatic carbocycles. The van der Waals surface area contributed by atoms with Crippen LogP contribution in [0.15, 0.2) is 66.7 Å². The summed E-state index contributed by atoms with van der Waals surface area (Å²) in [5.41, 5.74) is 3.73. The minimum absolute atomic E-state index is 0.0361. The van der Waals surface area contributed by atoms with Gasteiger partial charge in [-0.05, 0) is 66.9 Å². The zero-order chi connectivity index (χ0) is 32.5. The zero-order valence-electron chi connectivity index (χ0n) is 26.7. The Kier molecular flexibility index (Phi) is 7.45. The molecule has 0 bridgehead atoms. The molecular formula is C36H40FN3O5Si. The van der Waals surface area contributed by atoms with Crippen molar-refractivity contribution in [2.45, 2.75) is 75.5 Å². The van der Waals surface area contributed by atoms with Gasteiger partial charge in [-0.3, -0.25) is 19.3 Å². The molecule has 0 aromatic heterocycles. The predicted molar refractivity (Wildman–Crippen MR) is 176 cm³/mol. The third-order valence-electron chi connectivity index (χ3n) is 10.7. The fourth-order valence-corrected chi connectivity index (χ4v) is 11.0. The van der Waals surface area contributed by atoms with Gasteiger partial charge in [-0.25, -0.2) is 0 Å². The summed E-state index contributed by atoms with van der Waals surface area (Å²) in [6.07, 6.45) is 0.633. The number of hydrogen-bond donors (Lipinski definition) is 1. The molecule has 5 atom stereocenters. The van der Waals surface area contributed by atoms with Gasteiger partial charge in [0.05, 0.1) is 36.5 Å². The quantitative estimate of drug-likeness (QED) is 0.298. The minimum Gasteiger partial charge on any atom is -0.394 e. The molecule has 10 heteroatoms. The molecular weight excluding hydrogens is 601 g/mol. The lowest BCUT2D eigenvalue weighted by molar-refractivity contribution is -0.150. The van der Waals surface area contributed by atoms with Crippen LogP contribution in [0, 0.1) is 5.92 Å². The molecule has 4 aliphatic heterocycles. The van der Waals surface area contributed by atoms with E-state index < -0.39 is 37.6 Å². The van der Waals surface area contributed by atoms with E-state index in [-0.39, 0.29) is 30.7 Å². The van der Waals surface area contributed by atoms with Gasteiger partial charge in [0.25, 0.3) is 5.91 Å². The average molecular weight is 642 g/mol. The van der Waals surface area contributed by atoms with Crippen LogP contribution >= 0.6 is 0 Å². The Morgan fingerprint density at radius 1 is 1.00 bits per heavy atom. The first-order chi connectivity index (χ1) is 22.0. The van der Waals surface area contributed by atoms with E-state index in [0.717, 1.165) is 22.4 Å². The number of ether oxygens (including phenoxy) is 1. The van der Waals surface area contributed by atoms with Crippen LogP contribution in [-0.4, -0.2) is 61.9 Å². The van der Waals surface area contributed by atoms with Gasteiger partial charge in [-0.1, -0.05) is 49.4 Å². The van der Waals surface area contributed by atoms with E-state index >= 15 is 4.11 Å². The first-order valence-corrected chi connectivity index (χ1v) is 19.1. The van der Waals surface area contributed by atoms with E-state index in [2.05, 4.69) is 0 Å². The van der Waals surface area contributed by atoms with Crippen LogP contribution in [0.2, 0.25) is 18.6 Å². The molecule has 1 fully saturated rings. The minimum atomic E-state index is -3.50. The summed E-state index contributed by atoms with van der Waals surface area (Å²) in [6, 6.07) is 20.8. The zero-order valence-corrected chi connectivity index (χ0v) is 27.7. The summed E-state index contributed by atoms with van der Waals surface area (Å²) >= 11 is 0. The van der Waals surface area contributed by atoms with Crippen molar-refractivity contribution < 1.29 is 28.3 Å². The number of aliphatic hydroxyl groups is 1. The summed E-state index contributed by atoms with van der Waals surface area (Å²) in [5.74, 6) is -1.13. The maximum Gasteiger partial charge on any atom is 0.264 e. The number of rotatable bonds is 5. The van der Waals surface area contributed by atoms with Gasteiger partial charge in [-0.15, -0.1) is 0 Å². The molecule has 3 amide bonds. The number of carbonyl (C=O) groups is 3. The third-order valence-corrected chi connectivity index (χ3v) is 13.1. The van der Waals surface area contributed by atoms with E-state index in [1.165, 1.54) is 0 Å². The second-order valence-electron chi connectivity index (χ2n) is 13.7. The summed E-state index contributed by atoms with van der Waals surface area (Å²) in [7, 11) is -1.81. The molecule has 1 spiro atoms. The lowest BCUT2D eigenvalue weighted by atomic mass is 9.82. The normalized spacial score (nSPS) is 27.2. The lowest BCUT2D eigenvalue weighted by Crippen LogP contribution is -2.48. The van der Waals surface area contributed by atoms with Crippen molar-refractivity contribution in [1.82, 2.24) is 4.90 Å². The summed E-state index contributed by atoms with van der Waals surface area (Å²) in [6.45, 7) is 5.27. The Morgan fingerprint density at radius 3 is 2.41 bits per heavy atom. The van der Waals surface area contributed by atoms with E-state index in [1.54, 1.807) is 34.8 Å². The molecule has 240 valence electrons. The second-order valence-corrected chi connectivity index (χ2v) is 17.5. The van der Waals surface area contributed by atoms with Crippen molar-refractivity contribution >= 4 is 43.2 Å². The maximum atomic E-state index is 16.4. The van der Waals surface area contributed by atoms with Gasteiger partial charge in [0, 0.05) is 42.7 Å². The van der Waals surface area contributed by atoms with E-state index in [1.807, 2.05) is 73.7 Å². The van der Waals surface area contributed by atoms with Crippen LogP contribution in [0.5, 0.6) is 0 Å². The molecule has 0 radical (unpaired) electrons. The highest BCUT2D eigenvalue weighted by molar-refractivity contribution is 6.72. The van der Waals surface area contributed by atoms with Crippen LogP contribution in [0.1, 0.15) is 42.0 Å². The first-order valence-electron chi connectivity index (χ1n) is 16.1. The molecule has 4 heterocycles. The Hall–Kier alpha value is -3.86. The fourth-order valence-electron chi connectivity index (χ4n) is 8.52. The maximum absolute atomic E-state index is 16.4. The van der Waals surface area contributed by atoms with Crippen LogP contribution in [0.25, 0.3) is 0 Å². The Bertz CT molecular complexity index is 1740.